The zero-order valence-electron chi connectivity index (χ0n) is 14.4. The normalized spacial score (nSPS) is 13.8. The summed E-state index contributed by atoms with van der Waals surface area (Å²) in [4.78, 5) is 10.4. The van der Waals surface area contributed by atoms with E-state index in [4.69, 9.17) is 10.2 Å². The molecule has 23 heavy (non-hydrogen) atoms. The van der Waals surface area contributed by atoms with Crippen LogP contribution in [0.4, 0.5) is 0 Å². The van der Waals surface area contributed by atoms with E-state index < -0.39 is 12.1 Å². The largest absolute Gasteiger partial charge is 0.479 e. The van der Waals surface area contributed by atoms with Crippen LogP contribution < -0.4 is 0 Å². The Balaban J connectivity index is 3.49. The summed E-state index contributed by atoms with van der Waals surface area (Å²) in [6.07, 6.45) is 24.4. The first kappa shape index (κ1) is 21.4. The summed E-state index contributed by atoms with van der Waals surface area (Å²) >= 11 is 0. The van der Waals surface area contributed by atoms with Crippen LogP contribution in [-0.2, 0) is 4.79 Å². The SMILES string of the molecule is CCCCC/C=C\C/C=C\C/C=C\C/C=C\CCC(O)C(=O)O. The number of hydrogen-bond donors (Lipinski definition) is 2. The minimum absolute atomic E-state index is 0.268. The van der Waals surface area contributed by atoms with Crippen LogP contribution in [0.15, 0.2) is 48.6 Å². The van der Waals surface area contributed by atoms with E-state index >= 15 is 0 Å². The second-order valence-corrected chi connectivity index (χ2v) is 5.52. The smallest absolute Gasteiger partial charge is 0.332 e. The molecule has 3 nitrogen and oxygen atoms in total. The lowest BCUT2D eigenvalue weighted by atomic mass is 10.2. The highest BCUT2D eigenvalue weighted by atomic mass is 16.4. The molecule has 0 bridgehead atoms. The molecule has 0 aliphatic heterocycles. The summed E-state index contributed by atoms with van der Waals surface area (Å²) < 4.78 is 0. The van der Waals surface area contributed by atoms with Crippen molar-refractivity contribution in [2.75, 3.05) is 0 Å². The highest BCUT2D eigenvalue weighted by Crippen LogP contribution is 2.01. The van der Waals surface area contributed by atoms with Gasteiger partial charge in [0.1, 0.15) is 0 Å². The maximum atomic E-state index is 10.4. The Morgan fingerprint density at radius 2 is 1.30 bits per heavy atom. The number of unbranched alkanes of at least 4 members (excludes halogenated alkanes) is 3. The predicted octanol–water partition coefficient (Wildman–Crippen LogP) is 5.19. The van der Waals surface area contributed by atoms with Crippen molar-refractivity contribution in [2.24, 2.45) is 0 Å². The Labute approximate surface area is 141 Å². The van der Waals surface area contributed by atoms with Crippen molar-refractivity contribution in [1.82, 2.24) is 0 Å². The fourth-order valence-electron chi connectivity index (χ4n) is 1.94. The molecule has 1 atom stereocenters. The summed E-state index contributed by atoms with van der Waals surface area (Å²) in [6.45, 7) is 2.22. The summed E-state index contributed by atoms with van der Waals surface area (Å²) in [6, 6.07) is 0. The van der Waals surface area contributed by atoms with Gasteiger partial charge in [-0.05, 0) is 44.9 Å². The van der Waals surface area contributed by atoms with Crippen LogP contribution in [0.25, 0.3) is 0 Å². The van der Waals surface area contributed by atoms with Crippen LogP contribution in [0.3, 0.4) is 0 Å². The molecule has 3 heteroatoms. The second-order valence-electron chi connectivity index (χ2n) is 5.52. The molecular formula is C20H32O3. The first-order chi connectivity index (χ1) is 11.2. The van der Waals surface area contributed by atoms with Gasteiger partial charge >= 0.3 is 5.97 Å². The number of carboxylic acid groups (broad SMARTS) is 1. The summed E-state index contributed by atoms with van der Waals surface area (Å²) in [7, 11) is 0. The Kier molecular flexibility index (Phi) is 15.6. The molecule has 0 radical (unpaired) electrons. The van der Waals surface area contributed by atoms with Crippen molar-refractivity contribution in [3.05, 3.63) is 48.6 Å². The number of aliphatic carboxylic acids is 1. The van der Waals surface area contributed by atoms with Gasteiger partial charge in [-0.1, -0.05) is 68.4 Å². The molecule has 1 unspecified atom stereocenters. The predicted molar refractivity (Wildman–Crippen MR) is 97.4 cm³/mol. The number of allylic oxidation sites excluding steroid dienone is 8. The molecule has 0 spiro atoms. The molecule has 0 heterocycles. The first-order valence-corrected chi connectivity index (χ1v) is 8.69. The molecule has 0 aliphatic carbocycles. The van der Waals surface area contributed by atoms with Crippen molar-refractivity contribution in [1.29, 1.82) is 0 Å². The van der Waals surface area contributed by atoms with Crippen molar-refractivity contribution in [3.63, 3.8) is 0 Å². The van der Waals surface area contributed by atoms with Gasteiger partial charge in [-0.15, -0.1) is 0 Å². The van der Waals surface area contributed by atoms with Crippen LogP contribution in [0, 0.1) is 0 Å². The minimum Gasteiger partial charge on any atom is -0.479 e. The number of carbonyl (C=O) groups is 1. The highest BCUT2D eigenvalue weighted by Gasteiger charge is 2.10. The van der Waals surface area contributed by atoms with Crippen LogP contribution >= 0.6 is 0 Å². The second kappa shape index (κ2) is 16.8. The van der Waals surface area contributed by atoms with Crippen molar-refractivity contribution < 1.29 is 15.0 Å². The number of carboxylic acids is 1. The quantitative estimate of drug-likeness (QED) is 0.342. The highest BCUT2D eigenvalue weighted by molar-refractivity contribution is 5.71. The topological polar surface area (TPSA) is 57.5 Å². The summed E-state index contributed by atoms with van der Waals surface area (Å²) in [5.41, 5.74) is 0. The van der Waals surface area contributed by atoms with Gasteiger partial charge in [0.05, 0.1) is 0 Å². The van der Waals surface area contributed by atoms with E-state index in [-0.39, 0.29) is 6.42 Å². The molecule has 0 aliphatic rings. The lowest BCUT2D eigenvalue weighted by molar-refractivity contribution is -0.146. The number of aliphatic hydroxyl groups is 1. The van der Waals surface area contributed by atoms with Gasteiger partial charge in [0.15, 0.2) is 6.10 Å². The summed E-state index contributed by atoms with van der Waals surface area (Å²) in [5, 5.41) is 17.6. The average molecular weight is 320 g/mol. The fourth-order valence-corrected chi connectivity index (χ4v) is 1.94. The minimum atomic E-state index is -1.25. The van der Waals surface area contributed by atoms with E-state index in [2.05, 4.69) is 43.4 Å². The maximum Gasteiger partial charge on any atom is 0.332 e. The van der Waals surface area contributed by atoms with E-state index in [1.165, 1.54) is 25.7 Å². The van der Waals surface area contributed by atoms with Gasteiger partial charge in [0.2, 0.25) is 0 Å². The van der Waals surface area contributed by atoms with Crippen LogP contribution in [0.1, 0.15) is 64.7 Å². The third kappa shape index (κ3) is 16.6. The Morgan fingerprint density at radius 3 is 1.78 bits per heavy atom. The fraction of sp³-hybridized carbons (Fsp3) is 0.550. The Hall–Kier alpha value is -1.61. The molecule has 130 valence electrons. The van der Waals surface area contributed by atoms with Crippen molar-refractivity contribution in [3.8, 4) is 0 Å². The molecule has 0 amide bonds. The molecular weight excluding hydrogens is 288 g/mol. The molecule has 0 fully saturated rings. The monoisotopic (exact) mass is 320 g/mol. The third-order valence-corrected chi connectivity index (χ3v) is 3.35. The van der Waals surface area contributed by atoms with Gasteiger partial charge < -0.3 is 10.2 Å². The van der Waals surface area contributed by atoms with Gasteiger partial charge in [0.25, 0.3) is 0 Å². The Bertz CT molecular complexity index is 392. The molecule has 0 aromatic carbocycles. The molecule has 0 saturated carbocycles. The van der Waals surface area contributed by atoms with E-state index in [9.17, 15) is 4.79 Å². The lowest BCUT2D eigenvalue weighted by Gasteiger charge is -2.00. The Morgan fingerprint density at radius 1 is 0.826 bits per heavy atom. The number of hydrogen-bond acceptors (Lipinski definition) is 2. The lowest BCUT2D eigenvalue weighted by Crippen LogP contribution is -2.18. The van der Waals surface area contributed by atoms with E-state index in [1.807, 2.05) is 12.2 Å². The van der Waals surface area contributed by atoms with Gasteiger partial charge in [-0.25, -0.2) is 4.79 Å². The maximum absolute atomic E-state index is 10.4. The molecule has 0 aromatic heterocycles. The molecule has 0 saturated heterocycles. The third-order valence-electron chi connectivity index (χ3n) is 3.35. The molecule has 2 N–H and O–H groups in total. The average Bonchev–Trinajstić information content (AvgIpc) is 2.54. The van der Waals surface area contributed by atoms with Crippen molar-refractivity contribution >= 4 is 5.97 Å². The van der Waals surface area contributed by atoms with Gasteiger partial charge in [-0.2, -0.15) is 0 Å². The standard InChI is InChI=1S/C20H32O3/c1-2-3-4-5-6-7-8-9-10-11-12-13-14-15-16-17-18-19(21)20(22)23/h6-7,9-10,12-13,15-16,19,21H,2-5,8,11,14,17-18H2,1H3,(H,22,23)/b7-6-,10-9-,13-12-,16-15-. The van der Waals surface area contributed by atoms with Crippen LogP contribution in [-0.4, -0.2) is 22.3 Å². The van der Waals surface area contributed by atoms with Crippen LogP contribution in [0.2, 0.25) is 0 Å². The van der Waals surface area contributed by atoms with E-state index in [1.54, 1.807) is 0 Å². The first-order valence-electron chi connectivity index (χ1n) is 8.69. The van der Waals surface area contributed by atoms with Gasteiger partial charge in [0, 0.05) is 0 Å². The van der Waals surface area contributed by atoms with Crippen molar-refractivity contribution in [2.45, 2.75) is 70.8 Å². The number of aliphatic hydroxyl groups excluding tert-OH is 1. The van der Waals surface area contributed by atoms with Gasteiger partial charge in [-0.3, -0.25) is 0 Å². The molecule has 0 aromatic rings. The van der Waals surface area contributed by atoms with Crippen LogP contribution in [0.5, 0.6) is 0 Å². The van der Waals surface area contributed by atoms with E-state index in [0.29, 0.717) is 6.42 Å². The zero-order chi connectivity index (χ0) is 17.2. The number of rotatable bonds is 14. The zero-order valence-corrected chi connectivity index (χ0v) is 14.4. The molecule has 0 rings (SSSR count). The summed E-state index contributed by atoms with van der Waals surface area (Å²) in [5.74, 6) is -1.15. The van der Waals surface area contributed by atoms with E-state index in [0.717, 1.165) is 19.3 Å².